The zero-order valence-electron chi connectivity index (χ0n) is 12.4. The Bertz CT molecular complexity index is 644. The van der Waals surface area contributed by atoms with Gasteiger partial charge in [-0.1, -0.05) is 17.7 Å². The molecule has 0 bridgehead atoms. The van der Waals surface area contributed by atoms with E-state index in [9.17, 15) is 0 Å². The molecule has 0 aliphatic rings. The minimum atomic E-state index is 0.551. The molecule has 0 saturated heterocycles. The molecule has 0 aromatic heterocycles. The summed E-state index contributed by atoms with van der Waals surface area (Å²) in [7, 11) is 3.24. The molecule has 2 aromatic carbocycles. The van der Waals surface area contributed by atoms with Gasteiger partial charge in [-0.25, -0.2) is 0 Å². The monoisotopic (exact) mass is 306 g/mol. The highest BCUT2D eigenvalue weighted by atomic mass is 35.5. The van der Waals surface area contributed by atoms with Crippen molar-refractivity contribution in [2.75, 3.05) is 25.3 Å². The molecule has 0 aliphatic heterocycles. The molecule has 21 heavy (non-hydrogen) atoms. The first-order valence-electron chi connectivity index (χ1n) is 6.55. The second-order valence-corrected chi connectivity index (χ2v) is 5.14. The number of rotatable bonds is 5. The summed E-state index contributed by atoms with van der Waals surface area (Å²) < 4.78 is 10.5. The number of nitrogen functional groups attached to an aromatic ring is 1. The van der Waals surface area contributed by atoms with E-state index < -0.39 is 0 Å². The first kappa shape index (κ1) is 15.3. The van der Waals surface area contributed by atoms with Gasteiger partial charge < -0.3 is 20.5 Å². The zero-order chi connectivity index (χ0) is 15.4. The van der Waals surface area contributed by atoms with Crippen molar-refractivity contribution in [1.82, 2.24) is 0 Å². The summed E-state index contributed by atoms with van der Waals surface area (Å²) in [6.45, 7) is 2.64. The molecule has 112 valence electrons. The van der Waals surface area contributed by atoms with Crippen LogP contribution in [0.5, 0.6) is 11.5 Å². The van der Waals surface area contributed by atoms with Crippen LogP contribution in [0.4, 0.5) is 11.4 Å². The fraction of sp³-hybridized carbons (Fsp3) is 0.250. The zero-order valence-corrected chi connectivity index (χ0v) is 13.1. The first-order chi connectivity index (χ1) is 10.0. The van der Waals surface area contributed by atoms with E-state index in [0.29, 0.717) is 28.8 Å². The molecule has 0 aliphatic carbocycles. The van der Waals surface area contributed by atoms with Gasteiger partial charge in [0.15, 0.2) is 11.5 Å². The number of aryl methyl sites for hydroxylation is 1. The van der Waals surface area contributed by atoms with Gasteiger partial charge in [0, 0.05) is 12.2 Å². The van der Waals surface area contributed by atoms with E-state index in [1.54, 1.807) is 14.2 Å². The molecular weight excluding hydrogens is 288 g/mol. The summed E-state index contributed by atoms with van der Waals surface area (Å²) in [5, 5.41) is 3.90. The fourth-order valence-corrected chi connectivity index (χ4v) is 2.25. The molecule has 0 saturated carbocycles. The molecule has 0 atom stereocenters. The molecule has 0 amide bonds. The van der Waals surface area contributed by atoms with Gasteiger partial charge in [-0.15, -0.1) is 0 Å². The van der Waals surface area contributed by atoms with Crippen molar-refractivity contribution >= 4 is 23.0 Å². The van der Waals surface area contributed by atoms with E-state index in [1.165, 1.54) is 0 Å². The van der Waals surface area contributed by atoms with Crippen molar-refractivity contribution in [1.29, 1.82) is 0 Å². The lowest BCUT2D eigenvalue weighted by Crippen LogP contribution is -2.02. The Labute approximate surface area is 129 Å². The minimum Gasteiger partial charge on any atom is -0.493 e. The maximum Gasteiger partial charge on any atom is 0.161 e. The van der Waals surface area contributed by atoms with Crippen LogP contribution in [-0.4, -0.2) is 14.2 Å². The third-order valence-electron chi connectivity index (χ3n) is 3.27. The number of halogens is 1. The highest BCUT2D eigenvalue weighted by Gasteiger charge is 2.06. The average molecular weight is 307 g/mol. The van der Waals surface area contributed by atoms with Crippen LogP contribution in [0.3, 0.4) is 0 Å². The number of hydrogen-bond acceptors (Lipinski definition) is 4. The van der Waals surface area contributed by atoms with Crippen LogP contribution in [0.2, 0.25) is 5.02 Å². The highest BCUT2D eigenvalue weighted by Crippen LogP contribution is 2.29. The predicted molar refractivity (Wildman–Crippen MR) is 87.5 cm³/mol. The van der Waals surface area contributed by atoms with Gasteiger partial charge in [0.2, 0.25) is 0 Å². The average Bonchev–Trinajstić information content (AvgIpc) is 2.49. The van der Waals surface area contributed by atoms with Gasteiger partial charge in [-0.3, -0.25) is 0 Å². The van der Waals surface area contributed by atoms with E-state index >= 15 is 0 Å². The maximum absolute atomic E-state index is 6.05. The van der Waals surface area contributed by atoms with Gasteiger partial charge in [0.1, 0.15) is 0 Å². The Morgan fingerprint density at radius 2 is 1.81 bits per heavy atom. The van der Waals surface area contributed by atoms with Crippen molar-refractivity contribution in [3.05, 3.63) is 46.5 Å². The van der Waals surface area contributed by atoms with Crippen molar-refractivity contribution in [2.45, 2.75) is 13.5 Å². The summed E-state index contributed by atoms with van der Waals surface area (Å²) >= 11 is 6.05. The van der Waals surface area contributed by atoms with E-state index in [-0.39, 0.29) is 0 Å². The molecule has 2 aromatic rings. The topological polar surface area (TPSA) is 56.5 Å². The standard InChI is InChI=1S/C16H19ClN2O2/c1-10-6-13(18)12(17)8-14(10)19-9-11-4-5-15(20-2)16(7-11)21-3/h4-8,19H,9,18H2,1-3H3. The molecule has 0 spiro atoms. The molecule has 3 N–H and O–H groups in total. The summed E-state index contributed by atoms with van der Waals surface area (Å²) in [4.78, 5) is 0. The van der Waals surface area contributed by atoms with Gasteiger partial charge in [0.25, 0.3) is 0 Å². The second kappa shape index (κ2) is 6.59. The van der Waals surface area contributed by atoms with Crippen molar-refractivity contribution in [3.63, 3.8) is 0 Å². The lowest BCUT2D eigenvalue weighted by Gasteiger charge is -2.13. The van der Waals surface area contributed by atoms with E-state index in [4.69, 9.17) is 26.8 Å². The SMILES string of the molecule is COc1ccc(CNc2cc(Cl)c(N)cc2C)cc1OC. The number of nitrogens with one attached hydrogen (secondary N) is 1. The normalized spacial score (nSPS) is 10.3. The van der Waals surface area contributed by atoms with Gasteiger partial charge in [-0.05, 0) is 42.3 Å². The van der Waals surface area contributed by atoms with Crippen molar-refractivity contribution < 1.29 is 9.47 Å². The van der Waals surface area contributed by atoms with Gasteiger partial charge in [-0.2, -0.15) is 0 Å². The third kappa shape index (κ3) is 3.52. The summed E-state index contributed by atoms with van der Waals surface area (Å²) in [5.74, 6) is 1.43. The van der Waals surface area contributed by atoms with Crippen LogP contribution in [-0.2, 0) is 6.54 Å². The Hall–Kier alpha value is -2.07. The largest absolute Gasteiger partial charge is 0.493 e. The van der Waals surface area contributed by atoms with Crippen LogP contribution in [0.1, 0.15) is 11.1 Å². The van der Waals surface area contributed by atoms with Crippen LogP contribution in [0.15, 0.2) is 30.3 Å². The van der Waals surface area contributed by atoms with Crippen LogP contribution in [0, 0.1) is 6.92 Å². The lowest BCUT2D eigenvalue weighted by atomic mass is 10.1. The number of nitrogens with two attached hydrogens (primary N) is 1. The molecule has 0 radical (unpaired) electrons. The highest BCUT2D eigenvalue weighted by molar-refractivity contribution is 6.33. The second-order valence-electron chi connectivity index (χ2n) is 4.73. The van der Waals surface area contributed by atoms with Crippen molar-refractivity contribution in [2.24, 2.45) is 0 Å². The summed E-state index contributed by atoms with van der Waals surface area (Å²) in [6, 6.07) is 9.52. The van der Waals surface area contributed by atoms with E-state index in [2.05, 4.69) is 5.32 Å². The molecule has 0 heterocycles. The Kier molecular flexibility index (Phi) is 4.81. The van der Waals surface area contributed by atoms with Gasteiger partial charge in [0.05, 0.1) is 24.9 Å². The molecule has 4 nitrogen and oxygen atoms in total. The van der Waals surface area contributed by atoms with E-state index in [1.807, 2.05) is 37.3 Å². The summed E-state index contributed by atoms with van der Waals surface area (Å²) in [5.41, 5.74) is 9.46. The smallest absolute Gasteiger partial charge is 0.161 e. The van der Waals surface area contributed by atoms with Gasteiger partial charge >= 0.3 is 0 Å². The van der Waals surface area contributed by atoms with Crippen LogP contribution in [0.25, 0.3) is 0 Å². The quantitative estimate of drug-likeness (QED) is 0.824. The minimum absolute atomic E-state index is 0.551. The predicted octanol–water partition coefficient (Wildman–Crippen LogP) is 3.86. The molecule has 0 unspecified atom stereocenters. The Balaban J connectivity index is 2.15. The first-order valence-corrected chi connectivity index (χ1v) is 6.93. The molecule has 5 heteroatoms. The van der Waals surface area contributed by atoms with Crippen molar-refractivity contribution in [3.8, 4) is 11.5 Å². The fourth-order valence-electron chi connectivity index (χ4n) is 2.08. The Morgan fingerprint density at radius 3 is 2.48 bits per heavy atom. The van der Waals surface area contributed by atoms with E-state index in [0.717, 1.165) is 16.8 Å². The third-order valence-corrected chi connectivity index (χ3v) is 3.60. The summed E-state index contributed by atoms with van der Waals surface area (Å²) in [6.07, 6.45) is 0. The number of ether oxygens (including phenoxy) is 2. The molecular formula is C16H19ClN2O2. The number of methoxy groups -OCH3 is 2. The number of benzene rings is 2. The Morgan fingerprint density at radius 1 is 1.10 bits per heavy atom. The lowest BCUT2D eigenvalue weighted by molar-refractivity contribution is 0.354. The number of hydrogen-bond donors (Lipinski definition) is 2. The van der Waals surface area contributed by atoms with Crippen LogP contribution < -0.4 is 20.5 Å². The number of anilines is 2. The van der Waals surface area contributed by atoms with Crippen LogP contribution >= 0.6 is 11.6 Å². The maximum atomic E-state index is 6.05. The molecule has 0 fully saturated rings. The molecule has 2 rings (SSSR count).